The second-order valence-corrected chi connectivity index (χ2v) is 4.08. The molecular formula is C12H17ClN2O. The molecule has 0 radical (unpaired) electrons. The molecule has 0 aliphatic carbocycles. The summed E-state index contributed by atoms with van der Waals surface area (Å²) in [7, 11) is 0. The van der Waals surface area contributed by atoms with Gasteiger partial charge >= 0.3 is 0 Å². The van der Waals surface area contributed by atoms with Gasteiger partial charge in [0.25, 0.3) is 5.91 Å². The Morgan fingerprint density at radius 2 is 2.12 bits per heavy atom. The summed E-state index contributed by atoms with van der Waals surface area (Å²) in [6, 6.07) is 7.61. The minimum atomic E-state index is 0. The van der Waals surface area contributed by atoms with Crippen LogP contribution in [0.4, 0.5) is 5.69 Å². The molecule has 88 valence electrons. The van der Waals surface area contributed by atoms with E-state index in [1.165, 1.54) is 0 Å². The molecule has 1 amide bonds. The lowest BCUT2D eigenvalue weighted by molar-refractivity contribution is 0.0748. The van der Waals surface area contributed by atoms with E-state index < -0.39 is 0 Å². The largest absolute Gasteiger partial charge is 0.398 e. The Morgan fingerprint density at radius 3 is 2.69 bits per heavy atom. The summed E-state index contributed by atoms with van der Waals surface area (Å²) in [6.45, 7) is 2.94. The number of hydrogen-bond donors (Lipinski definition) is 1. The number of carbonyl (C=O) groups excluding carboxylic acids is 1. The molecule has 4 heteroatoms. The number of benzene rings is 1. The second-order valence-electron chi connectivity index (χ2n) is 4.08. The van der Waals surface area contributed by atoms with Gasteiger partial charge < -0.3 is 10.6 Å². The number of likely N-dealkylation sites (tertiary alicyclic amines) is 1. The zero-order valence-electron chi connectivity index (χ0n) is 9.35. The molecule has 0 bridgehead atoms. The normalized spacial score (nSPS) is 19.3. The molecule has 0 spiro atoms. The maximum atomic E-state index is 12.1. The fraction of sp³-hybridized carbons (Fsp3) is 0.417. The first kappa shape index (κ1) is 12.8. The smallest absolute Gasteiger partial charge is 0.256 e. The summed E-state index contributed by atoms with van der Waals surface area (Å²) >= 11 is 0. The zero-order valence-corrected chi connectivity index (χ0v) is 10.2. The van der Waals surface area contributed by atoms with Crippen molar-refractivity contribution in [1.82, 2.24) is 4.90 Å². The Balaban J connectivity index is 0.00000128. The van der Waals surface area contributed by atoms with E-state index in [0.717, 1.165) is 19.4 Å². The number of amides is 1. The van der Waals surface area contributed by atoms with Crippen LogP contribution in [0.25, 0.3) is 0 Å². The fourth-order valence-corrected chi connectivity index (χ4v) is 2.08. The Hall–Kier alpha value is -1.22. The van der Waals surface area contributed by atoms with E-state index in [-0.39, 0.29) is 18.3 Å². The van der Waals surface area contributed by atoms with Gasteiger partial charge in [-0.25, -0.2) is 0 Å². The topological polar surface area (TPSA) is 46.3 Å². The van der Waals surface area contributed by atoms with Crippen LogP contribution >= 0.6 is 12.4 Å². The molecule has 1 aromatic carbocycles. The molecule has 2 N–H and O–H groups in total. The highest BCUT2D eigenvalue weighted by Gasteiger charge is 2.26. The number of halogens is 1. The van der Waals surface area contributed by atoms with Crippen LogP contribution in [0.3, 0.4) is 0 Å². The van der Waals surface area contributed by atoms with Crippen molar-refractivity contribution in [2.75, 3.05) is 12.3 Å². The van der Waals surface area contributed by atoms with Crippen LogP contribution in [0, 0.1) is 0 Å². The lowest BCUT2D eigenvalue weighted by Crippen LogP contribution is -2.34. The Kier molecular flexibility index (Phi) is 4.19. The average molecular weight is 241 g/mol. The lowest BCUT2D eigenvalue weighted by Gasteiger charge is -2.22. The number of hydrogen-bond acceptors (Lipinski definition) is 2. The van der Waals surface area contributed by atoms with Gasteiger partial charge in [0.1, 0.15) is 0 Å². The van der Waals surface area contributed by atoms with Crippen LogP contribution in [0.15, 0.2) is 24.3 Å². The van der Waals surface area contributed by atoms with E-state index in [1.54, 1.807) is 12.1 Å². The maximum absolute atomic E-state index is 12.1. The van der Waals surface area contributed by atoms with Gasteiger partial charge in [-0.1, -0.05) is 12.1 Å². The Morgan fingerprint density at radius 1 is 1.44 bits per heavy atom. The summed E-state index contributed by atoms with van der Waals surface area (Å²) in [6.07, 6.45) is 2.19. The van der Waals surface area contributed by atoms with Crippen LogP contribution in [0.2, 0.25) is 0 Å². The molecule has 1 fully saturated rings. The molecule has 1 aliphatic heterocycles. The number of nitrogens with zero attached hydrogens (tertiary/aromatic N) is 1. The highest BCUT2D eigenvalue weighted by molar-refractivity contribution is 5.99. The van der Waals surface area contributed by atoms with Gasteiger partial charge in [-0.3, -0.25) is 4.79 Å². The zero-order chi connectivity index (χ0) is 10.8. The molecule has 2 rings (SSSR count). The number of anilines is 1. The first-order valence-electron chi connectivity index (χ1n) is 5.35. The van der Waals surface area contributed by atoms with Gasteiger partial charge in [0.15, 0.2) is 0 Å². The summed E-state index contributed by atoms with van der Waals surface area (Å²) in [5.74, 6) is 0.0677. The molecule has 0 saturated carbocycles. The first-order chi connectivity index (χ1) is 7.20. The predicted molar refractivity (Wildman–Crippen MR) is 67.8 cm³/mol. The van der Waals surface area contributed by atoms with E-state index in [0.29, 0.717) is 17.3 Å². The van der Waals surface area contributed by atoms with Gasteiger partial charge in [-0.15, -0.1) is 12.4 Å². The molecule has 1 saturated heterocycles. The second kappa shape index (κ2) is 5.21. The maximum Gasteiger partial charge on any atom is 0.256 e. The van der Waals surface area contributed by atoms with E-state index in [4.69, 9.17) is 5.73 Å². The summed E-state index contributed by atoms with van der Waals surface area (Å²) in [4.78, 5) is 14.0. The van der Waals surface area contributed by atoms with E-state index in [1.807, 2.05) is 17.0 Å². The number of para-hydroxylation sites is 1. The summed E-state index contributed by atoms with van der Waals surface area (Å²) in [5, 5.41) is 0. The summed E-state index contributed by atoms with van der Waals surface area (Å²) < 4.78 is 0. The third-order valence-corrected chi connectivity index (χ3v) is 3.01. The number of nitrogen functional groups attached to an aromatic ring is 1. The van der Waals surface area contributed by atoms with Crippen LogP contribution in [0.1, 0.15) is 30.1 Å². The van der Waals surface area contributed by atoms with Crippen LogP contribution in [-0.4, -0.2) is 23.4 Å². The standard InChI is InChI=1S/C12H16N2O.ClH/c1-9-5-4-8-14(9)12(15)10-6-2-3-7-11(10)13;/h2-3,6-7,9H,4-5,8,13H2,1H3;1H. The first-order valence-corrected chi connectivity index (χ1v) is 5.35. The number of carbonyl (C=O) groups is 1. The molecule has 1 aromatic rings. The third-order valence-electron chi connectivity index (χ3n) is 3.01. The van der Waals surface area contributed by atoms with E-state index in [9.17, 15) is 4.79 Å². The van der Waals surface area contributed by atoms with Crippen molar-refractivity contribution >= 4 is 24.0 Å². The molecule has 0 aromatic heterocycles. The fourth-order valence-electron chi connectivity index (χ4n) is 2.08. The molecular weight excluding hydrogens is 224 g/mol. The Labute approximate surface area is 102 Å². The number of rotatable bonds is 1. The van der Waals surface area contributed by atoms with Crippen molar-refractivity contribution in [3.63, 3.8) is 0 Å². The molecule has 3 nitrogen and oxygen atoms in total. The van der Waals surface area contributed by atoms with E-state index >= 15 is 0 Å². The van der Waals surface area contributed by atoms with Crippen molar-refractivity contribution in [3.8, 4) is 0 Å². The average Bonchev–Trinajstić information content (AvgIpc) is 2.64. The third kappa shape index (κ3) is 2.30. The Bertz CT molecular complexity index is 381. The van der Waals surface area contributed by atoms with Crippen molar-refractivity contribution in [3.05, 3.63) is 29.8 Å². The van der Waals surface area contributed by atoms with Crippen molar-refractivity contribution in [2.45, 2.75) is 25.8 Å². The molecule has 1 unspecified atom stereocenters. The van der Waals surface area contributed by atoms with Crippen molar-refractivity contribution in [1.29, 1.82) is 0 Å². The minimum absolute atomic E-state index is 0. The highest BCUT2D eigenvalue weighted by atomic mass is 35.5. The van der Waals surface area contributed by atoms with Crippen molar-refractivity contribution in [2.24, 2.45) is 0 Å². The van der Waals surface area contributed by atoms with Gasteiger partial charge in [0.05, 0.1) is 5.56 Å². The highest BCUT2D eigenvalue weighted by Crippen LogP contribution is 2.21. The monoisotopic (exact) mass is 240 g/mol. The van der Waals surface area contributed by atoms with Crippen molar-refractivity contribution < 1.29 is 4.79 Å². The van der Waals surface area contributed by atoms with Gasteiger partial charge in [-0.05, 0) is 31.9 Å². The predicted octanol–water partition coefficient (Wildman–Crippen LogP) is 2.32. The van der Waals surface area contributed by atoms with E-state index in [2.05, 4.69) is 6.92 Å². The van der Waals surface area contributed by atoms with Gasteiger partial charge in [0.2, 0.25) is 0 Å². The minimum Gasteiger partial charge on any atom is -0.398 e. The molecule has 1 atom stereocenters. The van der Waals surface area contributed by atoms with Gasteiger partial charge in [-0.2, -0.15) is 0 Å². The lowest BCUT2D eigenvalue weighted by atomic mass is 10.1. The quantitative estimate of drug-likeness (QED) is 0.766. The van der Waals surface area contributed by atoms with Crippen LogP contribution in [0.5, 0.6) is 0 Å². The van der Waals surface area contributed by atoms with Crippen LogP contribution in [-0.2, 0) is 0 Å². The van der Waals surface area contributed by atoms with Crippen LogP contribution < -0.4 is 5.73 Å². The van der Waals surface area contributed by atoms with Gasteiger partial charge in [0, 0.05) is 18.3 Å². The summed E-state index contributed by atoms with van der Waals surface area (Å²) in [5.41, 5.74) is 6.99. The SMILES string of the molecule is CC1CCCN1C(=O)c1ccccc1N.Cl. The molecule has 16 heavy (non-hydrogen) atoms. The number of nitrogens with two attached hydrogens (primary N) is 1. The molecule has 1 heterocycles. The molecule has 1 aliphatic rings.